The van der Waals surface area contributed by atoms with E-state index in [9.17, 15) is 61.9 Å². The molecule has 0 aliphatic heterocycles. The maximum atomic E-state index is 13.3. The average Bonchev–Trinajstić information content (AvgIpc) is 2.45. The molecule has 0 radical (unpaired) electrons. The maximum Gasteiger partial charge on any atom is 0.385 e. The fourth-order valence-corrected chi connectivity index (χ4v) is 1.49. The van der Waals surface area contributed by atoms with Crippen LogP contribution in [-0.4, -0.2) is 52.8 Å². The number of alkyl halides is 13. The van der Waals surface area contributed by atoms with Crippen molar-refractivity contribution < 1.29 is 67.0 Å². The van der Waals surface area contributed by atoms with E-state index in [-0.39, 0.29) is 6.92 Å². The van der Waals surface area contributed by atoms with Gasteiger partial charge in [0.15, 0.2) is 6.17 Å². The first-order valence-corrected chi connectivity index (χ1v) is 6.36. The molecule has 0 bridgehead atoms. The van der Waals surface area contributed by atoms with E-state index in [4.69, 9.17) is 5.11 Å². The Balaban J connectivity index is 6.52. The highest BCUT2D eigenvalue weighted by atomic mass is 19.4. The van der Waals surface area contributed by atoms with Crippen LogP contribution < -0.4 is 0 Å². The van der Waals surface area contributed by atoms with Gasteiger partial charge in [0.05, 0.1) is 0 Å². The summed E-state index contributed by atoms with van der Waals surface area (Å²) in [5.74, 6) is -46.3. The third kappa shape index (κ3) is 3.56. The van der Waals surface area contributed by atoms with Gasteiger partial charge in [-0.05, 0) is 13.8 Å². The van der Waals surface area contributed by atoms with Crippen LogP contribution in [-0.2, 0) is 4.79 Å². The Bertz CT molecular complexity index is 606. The topological polar surface area (TPSA) is 37.3 Å². The Morgan fingerprint density at radius 1 is 0.778 bits per heavy atom. The van der Waals surface area contributed by atoms with Crippen molar-refractivity contribution in [2.75, 3.05) is 0 Å². The van der Waals surface area contributed by atoms with Crippen molar-refractivity contribution in [3.63, 3.8) is 0 Å². The van der Waals surface area contributed by atoms with E-state index in [1.54, 1.807) is 0 Å². The van der Waals surface area contributed by atoms with Gasteiger partial charge in [-0.3, -0.25) is 0 Å². The molecule has 0 aromatic carbocycles. The van der Waals surface area contributed by atoms with Gasteiger partial charge in [0.2, 0.25) is 0 Å². The van der Waals surface area contributed by atoms with Crippen LogP contribution >= 0.6 is 0 Å². The second-order valence-corrected chi connectivity index (χ2v) is 5.29. The molecule has 0 fully saturated rings. The fraction of sp³-hybridized carbons (Fsp3) is 0.750. The molecule has 1 N–H and O–H groups in total. The largest absolute Gasteiger partial charge is 0.478 e. The molecule has 0 amide bonds. The molecule has 1 unspecified atom stereocenters. The number of hydrogen-bond donors (Lipinski definition) is 1. The lowest BCUT2D eigenvalue weighted by atomic mass is 9.89. The molecule has 1 atom stereocenters. The molecule has 0 aliphatic carbocycles. The third-order valence-electron chi connectivity index (χ3n) is 3.25. The predicted molar refractivity (Wildman–Crippen MR) is 61.6 cm³/mol. The molecule has 0 rings (SSSR count). The van der Waals surface area contributed by atoms with Crippen molar-refractivity contribution in [2.24, 2.45) is 0 Å². The quantitative estimate of drug-likeness (QED) is 0.424. The van der Waals surface area contributed by atoms with E-state index in [1.807, 2.05) is 0 Å². The summed E-state index contributed by atoms with van der Waals surface area (Å²) >= 11 is 0. The molecule has 0 saturated heterocycles. The summed E-state index contributed by atoms with van der Waals surface area (Å²) in [6, 6.07) is 0. The molecule has 27 heavy (non-hydrogen) atoms. The molecule has 160 valence electrons. The maximum absolute atomic E-state index is 13.3. The number of carboxylic acid groups (broad SMARTS) is 1. The normalized spacial score (nSPS) is 17.1. The Morgan fingerprint density at radius 3 is 1.41 bits per heavy atom. The molecule has 0 spiro atoms. The van der Waals surface area contributed by atoms with Crippen LogP contribution in [0.25, 0.3) is 0 Å². The van der Waals surface area contributed by atoms with Crippen LogP contribution in [0, 0.1) is 0 Å². The van der Waals surface area contributed by atoms with Gasteiger partial charge < -0.3 is 5.11 Å². The Hall–Kier alpha value is -1.70. The number of allylic oxidation sites excluding steroid dienone is 1. The second kappa shape index (κ2) is 6.72. The zero-order chi connectivity index (χ0) is 22.4. The lowest BCUT2D eigenvalue weighted by Gasteiger charge is -2.41. The first-order valence-electron chi connectivity index (χ1n) is 6.36. The van der Waals surface area contributed by atoms with Crippen LogP contribution in [0.5, 0.6) is 0 Å². The SMILES string of the molecule is CC(=CC(F)(F)C(F)(F)C(F)(F)C(F)(F)C(F)(F)C(F)(F)C(C)F)C(=O)O. The Labute approximate surface area is 141 Å². The summed E-state index contributed by atoms with van der Waals surface area (Å²) in [6.45, 7) is -0.357. The van der Waals surface area contributed by atoms with Crippen molar-refractivity contribution in [3.05, 3.63) is 11.6 Å². The number of rotatable bonds is 8. The minimum atomic E-state index is -7.89. The smallest absolute Gasteiger partial charge is 0.385 e. The standard InChI is InChI=1S/C12H9F13O2/c1-4(6(26)27)3-7(14,15)9(18,19)11(22,23)12(24,25)10(20,21)8(16,17)5(2)13/h3,5H,1-2H3,(H,26,27). The van der Waals surface area contributed by atoms with Gasteiger partial charge in [-0.2, -0.15) is 52.7 Å². The Morgan fingerprint density at radius 2 is 1.11 bits per heavy atom. The second-order valence-electron chi connectivity index (χ2n) is 5.29. The third-order valence-corrected chi connectivity index (χ3v) is 3.25. The minimum Gasteiger partial charge on any atom is -0.478 e. The van der Waals surface area contributed by atoms with Gasteiger partial charge >= 0.3 is 41.5 Å². The van der Waals surface area contributed by atoms with Crippen LogP contribution in [0.2, 0.25) is 0 Å². The van der Waals surface area contributed by atoms with Gasteiger partial charge in [0.25, 0.3) is 0 Å². The number of halogens is 13. The molecular formula is C12H9F13O2. The van der Waals surface area contributed by atoms with Gasteiger partial charge in [0, 0.05) is 11.6 Å². The molecule has 0 aromatic heterocycles. The van der Waals surface area contributed by atoms with E-state index >= 15 is 0 Å². The van der Waals surface area contributed by atoms with Crippen LogP contribution in [0.15, 0.2) is 11.6 Å². The monoisotopic (exact) mass is 432 g/mol. The number of carbonyl (C=O) groups is 1. The van der Waals surface area contributed by atoms with Crippen LogP contribution in [0.3, 0.4) is 0 Å². The van der Waals surface area contributed by atoms with Crippen molar-refractivity contribution >= 4 is 5.97 Å². The predicted octanol–water partition coefficient (Wildman–Crippen LogP) is 5.19. The first kappa shape index (κ1) is 25.3. The molecule has 0 aromatic rings. The van der Waals surface area contributed by atoms with Crippen LogP contribution in [0.4, 0.5) is 57.1 Å². The summed E-state index contributed by atoms with van der Waals surface area (Å²) < 4.78 is 171. The molecule has 15 heteroatoms. The fourth-order valence-electron chi connectivity index (χ4n) is 1.49. The highest BCUT2D eigenvalue weighted by Gasteiger charge is 2.90. The molecule has 0 saturated carbocycles. The van der Waals surface area contributed by atoms with Gasteiger partial charge in [0.1, 0.15) is 0 Å². The van der Waals surface area contributed by atoms with E-state index < -0.39 is 66.2 Å². The highest BCUT2D eigenvalue weighted by Crippen LogP contribution is 2.60. The van der Waals surface area contributed by atoms with E-state index in [1.165, 1.54) is 0 Å². The summed E-state index contributed by atoms with van der Waals surface area (Å²) in [4.78, 5) is 10.3. The lowest BCUT2D eigenvalue weighted by molar-refractivity contribution is -0.424. The van der Waals surface area contributed by atoms with Crippen molar-refractivity contribution in [2.45, 2.75) is 55.6 Å². The van der Waals surface area contributed by atoms with Crippen LogP contribution in [0.1, 0.15) is 13.8 Å². The molecule has 0 heterocycles. The highest BCUT2D eigenvalue weighted by molar-refractivity contribution is 5.86. The molecular weight excluding hydrogens is 423 g/mol. The van der Waals surface area contributed by atoms with Crippen molar-refractivity contribution in [3.8, 4) is 0 Å². The average molecular weight is 432 g/mol. The Kier molecular flexibility index (Phi) is 6.30. The zero-order valence-electron chi connectivity index (χ0n) is 12.9. The van der Waals surface area contributed by atoms with Gasteiger partial charge in [-0.15, -0.1) is 0 Å². The van der Waals surface area contributed by atoms with E-state index in [2.05, 4.69) is 0 Å². The first-order chi connectivity index (χ1) is 11.5. The summed E-state index contributed by atoms with van der Waals surface area (Å²) in [5.41, 5.74) is -1.78. The molecule has 0 aliphatic rings. The van der Waals surface area contributed by atoms with Gasteiger partial charge in [-0.1, -0.05) is 0 Å². The number of aliphatic carboxylic acids is 1. The summed E-state index contributed by atoms with van der Waals surface area (Å²) in [7, 11) is 0. The van der Waals surface area contributed by atoms with E-state index in [0.29, 0.717) is 0 Å². The zero-order valence-corrected chi connectivity index (χ0v) is 12.9. The minimum absolute atomic E-state index is 0.135. The number of carboxylic acids is 1. The van der Waals surface area contributed by atoms with Crippen molar-refractivity contribution in [1.82, 2.24) is 0 Å². The van der Waals surface area contributed by atoms with Crippen molar-refractivity contribution in [1.29, 1.82) is 0 Å². The van der Waals surface area contributed by atoms with Gasteiger partial charge in [-0.25, -0.2) is 9.18 Å². The molecule has 2 nitrogen and oxygen atoms in total. The lowest BCUT2D eigenvalue weighted by Crippen LogP contribution is -2.71. The summed E-state index contributed by atoms with van der Waals surface area (Å²) in [6.07, 6.45) is -5.72. The summed E-state index contributed by atoms with van der Waals surface area (Å²) in [5, 5.41) is 8.23. The van der Waals surface area contributed by atoms with E-state index in [0.717, 1.165) is 0 Å². The number of hydrogen-bond acceptors (Lipinski definition) is 1.